The molecule has 0 saturated carbocycles. The first kappa shape index (κ1) is 15.0. The average molecular weight is 284 g/mol. The van der Waals surface area contributed by atoms with E-state index in [0.717, 1.165) is 17.0 Å². The van der Waals surface area contributed by atoms with Crippen molar-refractivity contribution >= 4 is 11.9 Å². The molecule has 1 aromatic heterocycles. The van der Waals surface area contributed by atoms with Gasteiger partial charge in [-0.15, -0.1) is 0 Å². The standard InChI is InChI=1S/C17H20N2O2/c1-11(2)19-13(4)17(12(3)18-19)16(21)9-8-14-6-5-7-15(20)10-14/h5-11,20H,1-4H3/b9-8-. The summed E-state index contributed by atoms with van der Waals surface area (Å²) in [6.45, 7) is 7.84. The van der Waals surface area contributed by atoms with Crippen molar-refractivity contribution in [3.8, 4) is 5.75 Å². The number of ketones is 1. The molecule has 0 unspecified atom stereocenters. The predicted octanol–water partition coefficient (Wildman–Crippen LogP) is 3.68. The van der Waals surface area contributed by atoms with E-state index in [2.05, 4.69) is 5.10 Å². The van der Waals surface area contributed by atoms with Crippen LogP contribution in [-0.4, -0.2) is 20.7 Å². The Morgan fingerprint density at radius 3 is 2.62 bits per heavy atom. The number of nitrogens with zero attached hydrogens (tertiary/aromatic N) is 2. The molecule has 2 rings (SSSR count). The molecule has 0 aliphatic heterocycles. The number of benzene rings is 1. The van der Waals surface area contributed by atoms with Crippen LogP contribution in [0.4, 0.5) is 0 Å². The van der Waals surface area contributed by atoms with Crippen molar-refractivity contribution in [3.63, 3.8) is 0 Å². The van der Waals surface area contributed by atoms with E-state index in [1.807, 2.05) is 38.4 Å². The lowest BCUT2D eigenvalue weighted by Crippen LogP contribution is -2.06. The van der Waals surface area contributed by atoms with Crippen molar-refractivity contribution in [2.24, 2.45) is 0 Å². The molecule has 0 atom stereocenters. The third kappa shape index (κ3) is 3.21. The van der Waals surface area contributed by atoms with Gasteiger partial charge in [-0.05, 0) is 51.5 Å². The van der Waals surface area contributed by atoms with Gasteiger partial charge in [0.05, 0.1) is 11.3 Å². The van der Waals surface area contributed by atoms with Crippen LogP contribution in [0.1, 0.15) is 47.2 Å². The number of rotatable bonds is 4. The molecule has 110 valence electrons. The van der Waals surface area contributed by atoms with Gasteiger partial charge < -0.3 is 5.11 Å². The van der Waals surface area contributed by atoms with Gasteiger partial charge in [0.1, 0.15) is 5.75 Å². The smallest absolute Gasteiger partial charge is 0.189 e. The fourth-order valence-corrected chi connectivity index (χ4v) is 2.41. The highest BCUT2D eigenvalue weighted by molar-refractivity contribution is 6.08. The lowest BCUT2D eigenvalue weighted by Gasteiger charge is -2.07. The number of carbonyl (C=O) groups excluding carboxylic acids is 1. The van der Waals surface area contributed by atoms with Gasteiger partial charge in [0.2, 0.25) is 0 Å². The van der Waals surface area contributed by atoms with Crippen molar-refractivity contribution in [1.29, 1.82) is 0 Å². The Morgan fingerprint density at radius 2 is 2.05 bits per heavy atom. The Bertz CT molecular complexity index is 697. The molecule has 0 spiro atoms. The van der Waals surface area contributed by atoms with Crippen molar-refractivity contribution in [3.05, 3.63) is 52.9 Å². The fourth-order valence-electron chi connectivity index (χ4n) is 2.41. The van der Waals surface area contributed by atoms with Gasteiger partial charge in [-0.3, -0.25) is 9.48 Å². The van der Waals surface area contributed by atoms with Crippen LogP contribution in [0.5, 0.6) is 5.75 Å². The number of hydrogen-bond donors (Lipinski definition) is 1. The van der Waals surface area contributed by atoms with Crippen LogP contribution < -0.4 is 0 Å². The van der Waals surface area contributed by atoms with Crippen LogP contribution in [0.2, 0.25) is 0 Å². The van der Waals surface area contributed by atoms with Crippen LogP contribution in [-0.2, 0) is 0 Å². The zero-order chi connectivity index (χ0) is 15.6. The van der Waals surface area contributed by atoms with Crippen LogP contribution in [0.3, 0.4) is 0 Å². The molecule has 0 aliphatic carbocycles. The number of aromatic hydroxyl groups is 1. The van der Waals surface area contributed by atoms with Crippen molar-refractivity contribution in [2.45, 2.75) is 33.7 Å². The number of allylic oxidation sites excluding steroid dienone is 1. The molecule has 0 radical (unpaired) electrons. The first-order valence-corrected chi connectivity index (χ1v) is 6.97. The molecule has 0 amide bonds. The van der Waals surface area contributed by atoms with E-state index in [9.17, 15) is 9.90 Å². The number of aromatic nitrogens is 2. The Morgan fingerprint density at radius 1 is 1.33 bits per heavy atom. The van der Waals surface area contributed by atoms with Gasteiger partial charge in [-0.2, -0.15) is 5.10 Å². The first-order chi connectivity index (χ1) is 9.90. The number of phenols is 1. The molecular formula is C17H20N2O2. The summed E-state index contributed by atoms with van der Waals surface area (Å²) in [6.07, 6.45) is 3.23. The Kier molecular flexibility index (Phi) is 4.26. The van der Waals surface area contributed by atoms with E-state index in [1.54, 1.807) is 24.3 Å². The molecule has 0 aliphatic rings. The molecule has 4 nitrogen and oxygen atoms in total. The van der Waals surface area contributed by atoms with Crippen LogP contribution in [0.25, 0.3) is 6.08 Å². The quantitative estimate of drug-likeness (QED) is 0.688. The predicted molar refractivity (Wildman–Crippen MR) is 83.6 cm³/mol. The Balaban J connectivity index is 2.29. The minimum atomic E-state index is -0.0692. The summed E-state index contributed by atoms with van der Waals surface area (Å²) in [4.78, 5) is 12.4. The second-order valence-corrected chi connectivity index (χ2v) is 5.38. The topological polar surface area (TPSA) is 55.1 Å². The molecule has 2 aromatic rings. The van der Waals surface area contributed by atoms with Gasteiger partial charge in [0, 0.05) is 11.7 Å². The second kappa shape index (κ2) is 5.95. The summed E-state index contributed by atoms with van der Waals surface area (Å²) in [7, 11) is 0. The molecule has 0 saturated heterocycles. The highest BCUT2D eigenvalue weighted by Crippen LogP contribution is 2.19. The van der Waals surface area contributed by atoms with E-state index >= 15 is 0 Å². The normalized spacial score (nSPS) is 11.5. The zero-order valence-corrected chi connectivity index (χ0v) is 12.8. The lowest BCUT2D eigenvalue weighted by atomic mass is 10.1. The minimum absolute atomic E-state index is 0.0692. The summed E-state index contributed by atoms with van der Waals surface area (Å²) in [5.41, 5.74) is 3.06. The molecular weight excluding hydrogens is 264 g/mol. The van der Waals surface area contributed by atoms with Crippen molar-refractivity contribution in [1.82, 2.24) is 9.78 Å². The highest BCUT2D eigenvalue weighted by atomic mass is 16.3. The van der Waals surface area contributed by atoms with Gasteiger partial charge in [0.15, 0.2) is 5.78 Å². The monoisotopic (exact) mass is 284 g/mol. The van der Waals surface area contributed by atoms with Gasteiger partial charge >= 0.3 is 0 Å². The molecule has 0 fully saturated rings. The third-order valence-corrected chi connectivity index (χ3v) is 3.36. The van der Waals surface area contributed by atoms with E-state index in [4.69, 9.17) is 0 Å². The Hall–Kier alpha value is -2.36. The van der Waals surface area contributed by atoms with Crippen molar-refractivity contribution < 1.29 is 9.90 Å². The molecule has 0 bridgehead atoms. The van der Waals surface area contributed by atoms with Crippen molar-refractivity contribution in [2.75, 3.05) is 0 Å². The maximum Gasteiger partial charge on any atom is 0.189 e. The number of phenolic OH excluding ortho intramolecular Hbond substituents is 1. The van der Waals surface area contributed by atoms with E-state index in [-0.39, 0.29) is 17.6 Å². The SMILES string of the molecule is Cc1nn(C(C)C)c(C)c1C(=O)/C=C\c1cccc(O)c1. The minimum Gasteiger partial charge on any atom is -0.508 e. The van der Waals surface area contributed by atoms with E-state index < -0.39 is 0 Å². The molecule has 1 N–H and O–H groups in total. The molecule has 1 heterocycles. The van der Waals surface area contributed by atoms with Gasteiger partial charge in [-0.25, -0.2) is 0 Å². The summed E-state index contributed by atoms with van der Waals surface area (Å²) >= 11 is 0. The van der Waals surface area contributed by atoms with E-state index in [1.165, 1.54) is 6.08 Å². The van der Waals surface area contributed by atoms with Crippen LogP contribution in [0, 0.1) is 13.8 Å². The highest BCUT2D eigenvalue weighted by Gasteiger charge is 2.17. The van der Waals surface area contributed by atoms with Gasteiger partial charge in [0.25, 0.3) is 0 Å². The summed E-state index contributed by atoms with van der Waals surface area (Å²) < 4.78 is 1.87. The number of hydrogen-bond acceptors (Lipinski definition) is 3. The molecule has 21 heavy (non-hydrogen) atoms. The summed E-state index contributed by atoms with van der Waals surface area (Å²) in [6, 6.07) is 7.01. The Labute approximate surface area is 124 Å². The maximum absolute atomic E-state index is 12.4. The van der Waals surface area contributed by atoms with Gasteiger partial charge in [-0.1, -0.05) is 18.2 Å². The maximum atomic E-state index is 12.4. The molecule has 4 heteroatoms. The van der Waals surface area contributed by atoms with Crippen LogP contribution in [0.15, 0.2) is 30.3 Å². The van der Waals surface area contributed by atoms with E-state index in [0.29, 0.717) is 5.56 Å². The second-order valence-electron chi connectivity index (χ2n) is 5.38. The number of aryl methyl sites for hydroxylation is 1. The first-order valence-electron chi connectivity index (χ1n) is 6.97. The number of carbonyl (C=O) groups is 1. The molecule has 1 aromatic carbocycles. The largest absolute Gasteiger partial charge is 0.508 e. The average Bonchev–Trinajstić information content (AvgIpc) is 2.72. The fraction of sp³-hybridized carbons (Fsp3) is 0.294. The zero-order valence-electron chi connectivity index (χ0n) is 12.8. The summed E-state index contributed by atoms with van der Waals surface area (Å²) in [5, 5.41) is 13.8. The summed E-state index contributed by atoms with van der Waals surface area (Å²) in [5.74, 6) is 0.116. The lowest BCUT2D eigenvalue weighted by molar-refractivity contribution is 0.104. The van der Waals surface area contributed by atoms with Crippen LogP contribution >= 0.6 is 0 Å². The third-order valence-electron chi connectivity index (χ3n) is 3.36.